The van der Waals surface area contributed by atoms with Crippen LogP contribution in [0, 0.1) is 28.8 Å². The van der Waals surface area contributed by atoms with Crippen LogP contribution in [0.1, 0.15) is 5.56 Å². The molecule has 5 nitrogen and oxygen atoms in total. The minimum atomic E-state index is -4.23. The zero-order valence-electron chi connectivity index (χ0n) is 12.9. The first kappa shape index (κ1) is 17.6. The fourth-order valence-corrected chi connectivity index (χ4v) is 3.32. The summed E-state index contributed by atoms with van der Waals surface area (Å²) < 4.78 is 67.4. The van der Waals surface area contributed by atoms with Gasteiger partial charge in [0.15, 0.2) is 0 Å². The molecule has 0 radical (unpaired) electrons. The molecule has 26 heavy (non-hydrogen) atoms. The molecule has 0 amide bonds. The van der Waals surface area contributed by atoms with Crippen molar-refractivity contribution in [2.75, 3.05) is 4.72 Å². The molecule has 0 saturated carbocycles. The number of aromatic amines is 1. The molecule has 2 aromatic carbocycles. The first-order valence-electron chi connectivity index (χ1n) is 7.16. The van der Waals surface area contributed by atoms with Crippen LogP contribution in [0.25, 0.3) is 11.3 Å². The third-order valence-electron chi connectivity index (χ3n) is 3.52. The maximum atomic E-state index is 13.9. The van der Waals surface area contributed by atoms with Crippen molar-refractivity contribution in [3.8, 4) is 17.3 Å². The van der Waals surface area contributed by atoms with E-state index in [-0.39, 0.29) is 4.90 Å². The van der Waals surface area contributed by atoms with Crippen LogP contribution in [0.5, 0.6) is 0 Å². The number of benzene rings is 2. The van der Waals surface area contributed by atoms with Crippen LogP contribution in [-0.2, 0) is 10.0 Å². The predicted molar refractivity (Wildman–Crippen MR) is 88.1 cm³/mol. The summed E-state index contributed by atoms with van der Waals surface area (Å²) >= 11 is 0. The number of halogens is 3. The molecule has 0 unspecified atom stereocenters. The highest BCUT2D eigenvalue weighted by atomic mass is 32.2. The Morgan fingerprint density at radius 3 is 2.50 bits per heavy atom. The van der Waals surface area contributed by atoms with Gasteiger partial charge >= 0.3 is 0 Å². The summed E-state index contributed by atoms with van der Waals surface area (Å²) in [4.78, 5) is 2.44. The van der Waals surface area contributed by atoms with Gasteiger partial charge in [0.05, 0.1) is 11.3 Å². The van der Waals surface area contributed by atoms with Crippen molar-refractivity contribution in [3.63, 3.8) is 0 Å². The summed E-state index contributed by atoms with van der Waals surface area (Å²) in [5.41, 5.74) is -0.422. The molecule has 1 heterocycles. The number of nitriles is 1. The number of nitrogens with zero attached hydrogens (tertiary/aromatic N) is 1. The maximum absolute atomic E-state index is 13.9. The summed E-state index contributed by atoms with van der Waals surface area (Å²) in [6.45, 7) is 0. The Kier molecular flexibility index (Phi) is 4.44. The van der Waals surface area contributed by atoms with E-state index >= 15 is 0 Å². The molecule has 9 heteroatoms. The van der Waals surface area contributed by atoms with Gasteiger partial charge < -0.3 is 4.98 Å². The van der Waals surface area contributed by atoms with E-state index in [1.807, 2.05) is 4.72 Å². The van der Waals surface area contributed by atoms with E-state index in [0.717, 1.165) is 6.20 Å². The number of anilines is 1. The van der Waals surface area contributed by atoms with Crippen LogP contribution in [0.3, 0.4) is 0 Å². The number of nitrogens with one attached hydrogen (secondary N) is 2. The van der Waals surface area contributed by atoms with Gasteiger partial charge in [-0.15, -0.1) is 0 Å². The summed E-state index contributed by atoms with van der Waals surface area (Å²) in [5, 5.41) is 8.65. The van der Waals surface area contributed by atoms with E-state index < -0.39 is 38.7 Å². The van der Waals surface area contributed by atoms with Gasteiger partial charge in [-0.3, -0.25) is 4.72 Å². The van der Waals surface area contributed by atoms with Gasteiger partial charge in [0.2, 0.25) is 0 Å². The Morgan fingerprint density at radius 2 is 1.81 bits per heavy atom. The van der Waals surface area contributed by atoms with Gasteiger partial charge in [0, 0.05) is 23.5 Å². The summed E-state index contributed by atoms with van der Waals surface area (Å²) in [6.07, 6.45) is 1.14. The minimum absolute atomic E-state index is 0.249. The molecule has 0 fully saturated rings. The van der Waals surface area contributed by atoms with Crippen molar-refractivity contribution in [1.82, 2.24) is 4.98 Å². The molecular weight excluding hydrogens is 367 g/mol. The van der Waals surface area contributed by atoms with E-state index in [1.165, 1.54) is 30.3 Å². The smallest absolute Gasteiger partial charge is 0.263 e. The number of hydrogen-bond acceptors (Lipinski definition) is 3. The Labute approximate surface area is 146 Å². The molecule has 3 rings (SSSR count). The first-order valence-corrected chi connectivity index (χ1v) is 8.65. The summed E-state index contributed by atoms with van der Waals surface area (Å²) in [6, 6.07) is 9.38. The number of sulfonamides is 1. The molecule has 0 aliphatic rings. The van der Waals surface area contributed by atoms with E-state index in [1.54, 1.807) is 6.07 Å². The second kappa shape index (κ2) is 6.57. The van der Waals surface area contributed by atoms with Crippen LogP contribution >= 0.6 is 0 Å². The zero-order chi connectivity index (χ0) is 18.9. The molecule has 132 valence electrons. The minimum Gasteiger partial charge on any atom is -0.360 e. The average Bonchev–Trinajstić information content (AvgIpc) is 3.09. The normalized spacial score (nSPS) is 11.2. The third kappa shape index (κ3) is 3.41. The number of aromatic nitrogens is 1. The Bertz CT molecular complexity index is 1130. The van der Waals surface area contributed by atoms with Gasteiger partial charge in [-0.05, 0) is 24.3 Å². The molecule has 0 atom stereocenters. The van der Waals surface area contributed by atoms with E-state index in [4.69, 9.17) is 5.26 Å². The van der Waals surface area contributed by atoms with Crippen LogP contribution in [0.15, 0.2) is 53.6 Å². The molecule has 0 aliphatic carbocycles. The number of rotatable bonds is 4. The number of H-pyrrole nitrogens is 1. The highest BCUT2D eigenvalue weighted by molar-refractivity contribution is 7.92. The monoisotopic (exact) mass is 377 g/mol. The van der Waals surface area contributed by atoms with E-state index in [2.05, 4.69) is 4.98 Å². The lowest BCUT2D eigenvalue weighted by molar-refractivity contribution is 0.593. The first-order chi connectivity index (χ1) is 12.3. The van der Waals surface area contributed by atoms with Crippen LogP contribution in [-0.4, -0.2) is 13.4 Å². The molecule has 0 aliphatic heterocycles. The summed E-state index contributed by atoms with van der Waals surface area (Å²) in [5.74, 6) is -2.64. The van der Waals surface area contributed by atoms with Crippen molar-refractivity contribution >= 4 is 15.7 Å². The summed E-state index contributed by atoms with van der Waals surface area (Å²) in [7, 11) is -4.23. The molecular formula is C17H10F3N3O2S. The molecule has 2 N–H and O–H groups in total. The maximum Gasteiger partial charge on any atom is 0.263 e. The quantitative estimate of drug-likeness (QED) is 0.726. The molecule has 0 spiro atoms. The highest BCUT2D eigenvalue weighted by Crippen LogP contribution is 2.25. The van der Waals surface area contributed by atoms with Crippen molar-refractivity contribution in [2.45, 2.75) is 4.90 Å². The molecule has 1 aromatic heterocycles. The SMILES string of the molecule is N#Cc1cc(F)c(NS(=O)(=O)c2c[nH]c(-c3cccc(F)c3)c2)cc1F. The molecule has 0 saturated heterocycles. The largest absolute Gasteiger partial charge is 0.360 e. The molecule has 0 bridgehead atoms. The van der Waals surface area contributed by atoms with Gasteiger partial charge in [-0.25, -0.2) is 21.6 Å². The Hall–Kier alpha value is -3.25. The van der Waals surface area contributed by atoms with Crippen molar-refractivity contribution in [1.29, 1.82) is 5.26 Å². The van der Waals surface area contributed by atoms with E-state index in [0.29, 0.717) is 23.4 Å². The van der Waals surface area contributed by atoms with Gasteiger partial charge in [-0.1, -0.05) is 12.1 Å². The topological polar surface area (TPSA) is 85.8 Å². The fraction of sp³-hybridized carbons (Fsp3) is 0. The second-order valence-corrected chi connectivity index (χ2v) is 6.97. The average molecular weight is 377 g/mol. The van der Waals surface area contributed by atoms with Crippen molar-refractivity contribution in [2.24, 2.45) is 0 Å². The predicted octanol–water partition coefficient (Wildman–Crippen LogP) is 3.77. The second-order valence-electron chi connectivity index (χ2n) is 5.29. The lowest BCUT2D eigenvalue weighted by Gasteiger charge is -2.08. The van der Waals surface area contributed by atoms with Gasteiger partial charge in [0.25, 0.3) is 10.0 Å². The van der Waals surface area contributed by atoms with Crippen LogP contribution in [0.2, 0.25) is 0 Å². The van der Waals surface area contributed by atoms with Crippen molar-refractivity contribution in [3.05, 3.63) is 71.7 Å². The number of hydrogen-bond donors (Lipinski definition) is 2. The standard InChI is InChI=1S/C17H10F3N3O2S/c18-12-3-1-2-10(4-12)16-6-13(9-22-16)26(24,25)23-17-7-14(19)11(8-21)5-15(17)20/h1-7,9,22-23H. The Balaban J connectivity index is 1.93. The highest BCUT2D eigenvalue weighted by Gasteiger charge is 2.20. The third-order valence-corrected chi connectivity index (χ3v) is 4.87. The van der Waals surface area contributed by atoms with Crippen LogP contribution < -0.4 is 4.72 Å². The van der Waals surface area contributed by atoms with Crippen LogP contribution in [0.4, 0.5) is 18.9 Å². The fourth-order valence-electron chi connectivity index (χ4n) is 2.27. The van der Waals surface area contributed by atoms with Gasteiger partial charge in [0.1, 0.15) is 28.4 Å². The van der Waals surface area contributed by atoms with Crippen molar-refractivity contribution < 1.29 is 21.6 Å². The Morgan fingerprint density at radius 1 is 1.04 bits per heavy atom. The zero-order valence-corrected chi connectivity index (χ0v) is 13.7. The van der Waals surface area contributed by atoms with E-state index in [9.17, 15) is 21.6 Å². The lowest BCUT2D eigenvalue weighted by atomic mass is 10.1. The lowest BCUT2D eigenvalue weighted by Crippen LogP contribution is -2.13. The van der Waals surface area contributed by atoms with Gasteiger partial charge in [-0.2, -0.15) is 5.26 Å². The molecule has 3 aromatic rings.